The quantitative estimate of drug-likeness (QED) is 0.104. The molecule has 0 bridgehead atoms. The molecule has 0 rings (SSSR count). The first-order valence-electron chi connectivity index (χ1n) is 10.4. The Balaban J connectivity index is 5.09. The van der Waals surface area contributed by atoms with Crippen LogP contribution < -0.4 is 5.73 Å². The molecular formula is C18H34N3O11P. The second-order valence-electron chi connectivity index (χ2n) is 6.36. The van der Waals surface area contributed by atoms with Gasteiger partial charge in [-0.05, 0) is 19.3 Å². The number of aliphatic carboxylic acids is 1. The SMILES string of the molecule is CCCOC(=O)OCCOP(=O)(N=C(N)N(C)C(CC)C(=O)O)OCCOC(=O)OCCC. The monoisotopic (exact) mass is 499 g/mol. The number of nitrogens with zero attached hydrogens (tertiary/aromatic N) is 2. The van der Waals surface area contributed by atoms with Gasteiger partial charge < -0.3 is 34.7 Å². The standard InChI is InChI=1S/C18H34N3O11P/c1-5-8-27-17(24)29-10-12-31-33(26,32-13-11-30-18(25)28-9-6-2)20-16(19)21(4)14(7-3)15(22)23/h14H,5-13H2,1-4H3,(H,22,23)(H2,19,20,26). The van der Waals surface area contributed by atoms with E-state index in [0.29, 0.717) is 12.8 Å². The van der Waals surface area contributed by atoms with Crippen molar-refractivity contribution in [3.8, 4) is 0 Å². The summed E-state index contributed by atoms with van der Waals surface area (Å²) in [6, 6.07) is -1.03. The Morgan fingerprint density at radius 1 is 0.879 bits per heavy atom. The zero-order valence-corrected chi connectivity index (χ0v) is 20.3. The summed E-state index contributed by atoms with van der Waals surface area (Å²) < 4.78 is 46.0. The van der Waals surface area contributed by atoms with Gasteiger partial charge in [-0.1, -0.05) is 20.8 Å². The van der Waals surface area contributed by atoms with Crippen LogP contribution in [0.15, 0.2) is 4.76 Å². The van der Waals surface area contributed by atoms with Crippen molar-refractivity contribution in [2.75, 3.05) is 46.7 Å². The highest BCUT2D eigenvalue weighted by atomic mass is 31.2. The van der Waals surface area contributed by atoms with Gasteiger partial charge in [0.25, 0.3) is 0 Å². The molecule has 0 spiro atoms. The number of carbonyl (C=O) groups is 3. The Bertz CT molecular complexity index is 658. The lowest BCUT2D eigenvalue weighted by Gasteiger charge is -2.25. The van der Waals surface area contributed by atoms with Gasteiger partial charge in [0, 0.05) is 7.05 Å². The van der Waals surface area contributed by atoms with Gasteiger partial charge in [-0.25, -0.2) is 18.9 Å². The lowest BCUT2D eigenvalue weighted by Crippen LogP contribution is -2.45. The molecule has 0 aliphatic carbocycles. The highest BCUT2D eigenvalue weighted by Gasteiger charge is 2.29. The third kappa shape index (κ3) is 13.5. The number of carboxylic acids is 1. The van der Waals surface area contributed by atoms with E-state index in [-0.39, 0.29) is 32.8 Å². The van der Waals surface area contributed by atoms with Gasteiger partial charge in [-0.2, -0.15) is 0 Å². The Hall–Kier alpha value is -2.57. The number of rotatable bonds is 16. The second kappa shape index (κ2) is 17.0. The minimum Gasteiger partial charge on any atom is -0.480 e. The molecule has 14 nitrogen and oxygen atoms in total. The normalized spacial score (nSPS) is 12.5. The van der Waals surface area contributed by atoms with Gasteiger partial charge in [0.2, 0.25) is 5.96 Å². The van der Waals surface area contributed by atoms with Gasteiger partial charge in [-0.15, -0.1) is 4.76 Å². The third-order valence-electron chi connectivity index (χ3n) is 3.69. The van der Waals surface area contributed by atoms with Crippen LogP contribution in [0.4, 0.5) is 9.59 Å². The van der Waals surface area contributed by atoms with E-state index in [9.17, 15) is 24.1 Å². The molecule has 0 saturated carbocycles. The van der Waals surface area contributed by atoms with Crippen molar-refractivity contribution in [3.05, 3.63) is 0 Å². The smallest absolute Gasteiger partial charge is 0.480 e. The van der Waals surface area contributed by atoms with Crippen LogP contribution in [-0.4, -0.2) is 87.0 Å². The molecule has 0 aliphatic rings. The van der Waals surface area contributed by atoms with Crippen molar-refractivity contribution in [3.63, 3.8) is 0 Å². The van der Waals surface area contributed by atoms with Crippen LogP contribution in [0.25, 0.3) is 0 Å². The fourth-order valence-corrected chi connectivity index (χ4v) is 3.27. The average molecular weight is 499 g/mol. The molecule has 15 heteroatoms. The molecule has 0 heterocycles. The molecule has 0 fully saturated rings. The van der Waals surface area contributed by atoms with Gasteiger partial charge in [0.05, 0.1) is 26.4 Å². The van der Waals surface area contributed by atoms with E-state index in [1.165, 1.54) is 7.05 Å². The number of likely N-dealkylation sites (N-methyl/N-ethyl adjacent to an activating group) is 1. The van der Waals surface area contributed by atoms with Crippen molar-refractivity contribution < 1.29 is 52.1 Å². The topological polar surface area (TPSA) is 186 Å². The van der Waals surface area contributed by atoms with Crippen molar-refractivity contribution in [1.82, 2.24) is 4.90 Å². The summed E-state index contributed by atoms with van der Waals surface area (Å²) >= 11 is 0. The first kappa shape index (κ1) is 30.4. The first-order valence-corrected chi connectivity index (χ1v) is 11.9. The molecule has 0 aliphatic heterocycles. The van der Waals surface area contributed by atoms with E-state index < -0.39 is 51.2 Å². The summed E-state index contributed by atoms with van der Waals surface area (Å²) in [5.41, 5.74) is 5.80. The molecule has 0 aromatic rings. The molecule has 0 amide bonds. The highest BCUT2D eigenvalue weighted by Crippen LogP contribution is 2.49. The van der Waals surface area contributed by atoms with Crippen LogP contribution in [0, 0.1) is 0 Å². The number of hydrogen-bond donors (Lipinski definition) is 2. The van der Waals surface area contributed by atoms with Crippen molar-refractivity contribution in [2.45, 2.75) is 46.1 Å². The maximum Gasteiger partial charge on any atom is 0.508 e. The Morgan fingerprint density at radius 3 is 1.67 bits per heavy atom. The van der Waals surface area contributed by atoms with E-state index in [1.807, 2.05) is 13.8 Å². The molecule has 0 aromatic carbocycles. The molecule has 192 valence electrons. The van der Waals surface area contributed by atoms with Gasteiger partial charge >= 0.3 is 26.0 Å². The number of hydrogen-bond acceptors (Lipinski definition) is 10. The minimum atomic E-state index is -4.31. The van der Waals surface area contributed by atoms with Crippen molar-refractivity contribution in [2.24, 2.45) is 10.5 Å². The fraction of sp³-hybridized carbons (Fsp3) is 0.778. The number of nitrogens with two attached hydrogens (primary N) is 1. The number of guanidine groups is 1. The van der Waals surface area contributed by atoms with Crippen LogP contribution in [0.2, 0.25) is 0 Å². The molecule has 3 N–H and O–H groups in total. The van der Waals surface area contributed by atoms with Crippen LogP contribution in [0.1, 0.15) is 40.0 Å². The number of carbonyl (C=O) groups excluding carboxylic acids is 2. The molecule has 1 unspecified atom stereocenters. The van der Waals surface area contributed by atoms with Gasteiger partial charge in [-0.3, -0.25) is 9.05 Å². The summed E-state index contributed by atoms with van der Waals surface area (Å²) in [5.74, 6) is -1.58. The molecule has 0 saturated heterocycles. The Morgan fingerprint density at radius 2 is 1.30 bits per heavy atom. The zero-order valence-electron chi connectivity index (χ0n) is 19.4. The average Bonchev–Trinajstić information content (AvgIpc) is 2.77. The predicted octanol–water partition coefficient (Wildman–Crippen LogP) is 2.36. The van der Waals surface area contributed by atoms with E-state index in [4.69, 9.17) is 33.7 Å². The van der Waals surface area contributed by atoms with E-state index in [1.54, 1.807) is 6.92 Å². The Labute approximate surface area is 192 Å². The summed E-state index contributed by atoms with van der Waals surface area (Å²) in [4.78, 5) is 35.1. The highest BCUT2D eigenvalue weighted by molar-refractivity contribution is 7.52. The second-order valence-corrected chi connectivity index (χ2v) is 8.01. The molecular weight excluding hydrogens is 465 g/mol. The van der Waals surface area contributed by atoms with Gasteiger partial charge in [0.15, 0.2) is 0 Å². The largest absolute Gasteiger partial charge is 0.508 e. The third-order valence-corrected chi connectivity index (χ3v) is 5.16. The van der Waals surface area contributed by atoms with Gasteiger partial charge in [0.1, 0.15) is 19.3 Å². The maximum atomic E-state index is 13.0. The minimum absolute atomic E-state index is 0.178. The Kier molecular flexibility index (Phi) is 15.7. The fourth-order valence-electron chi connectivity index (χ4n) is 2.07. The number of ether oxygens (including phenoxy) is 4. The van der Waals surface area contributed by atoms with Crippen LogP contribution in [0.5, 0.6) is 0 Å². The number of carboxylic acid groups (broad SMARTS) is 1. The molecule has 0 aromatic heterocycles. The maximum absolute atomic E-state index is 13.0. The van der Waals surface area contributed by atoms with Crippen LogP contribution in [-0.2, 0) is 37.4 Å². The van der Waals surface area contributed by atoms with Crippen molar-refractivity contribution >= 4 is 32.0 Å². The van der Waals surface area contributed by atoms with Crippen LogP contribution >= 0.6 is 7.75 Å². The predicted molar refractivity (Wildman–Crippen MR) is 116 cm³/mol. The summed E-state index contributed by atoms with van der Waals surface area (Å²) in [6.45, 7) is 4.16. The lowest BCUT2D eigenvalue weighted by molar-refractivity contribution is -0.141. The van der Waals surface area contributed by atoms with Crippen molar-refractivity contribution in [1.29, 1.82) is 0 Å². The molecule has 0 radical (unpaired) electrons. The first-order chi connectivity index (χ1) is 15.6. The molecule has 33 heavy (non-hydrogen) atoms. The van der Waals surface area contributed by atoms with E-state index in [0.717, 1.165) is 4.90 Å². The van der Waals surface area contributed by atoms with E-state index in [2.05, 4.69) is 4.76 Å². The molecule has 1 atom stereocenters. The van der Waals surface area contributed by atoms with Crippen LogP contribution in [0.3, 0.4) is 0 Å². The summed E-state index contributed by atoms with van der Waals surface area (Å²) in [5, 5.41) is 9.26. The summed E-state index contributed by atoms with van der Waals surface area (Å²) in [6.07, 6.45) is -0.441. The van der Waals surface area contributed by atoms with E-state index >= 15 is 0 Å². The summed E-state index contributed by atoms with van der Waals surface area (Å²) in [7, 11) is -2.96. The zero-order chi connectivity index (χ0) is 25.3. The lowest BCUT2D eigenvalue weighted by atomic mass is 10.2.